The molecule has 3 aromatic heterocycles. The molecule has 0 N–H and O–H groups in total. The lowest BCUT2D eigenvalue weighted by Gasteiger charge is -2.11. The highest BCUT2D eigenvalue weighted by Gasteiger charge is 2.19. The van der Waals surface area contributed by atoms with E-state index in [4.69, 9.17) is 19.4 Å². The molecule has 0 amide bonds. The number of para-hydroxylation sites is 1. The molecular weight excluding hydrogens is 703 g/mol. The van der Waals surface area contributed by atoms with E-state index in [1.807, 2.05) is 53.8 Å². The summed E-state index contributed by atoms with van der Waals surface area (Å²) < 4.78 is 9.28. The highest BCUT2D eigenvalue weighted by Crippen LogP contribution is 2.44. The van der Waals surface area contributed by atoms with Crippen LogP contribution in [0, 0.1) is 0 Å². The van der Waals surface area contributed by atoms with Gasteiger partial charge in [-0.05, 0) is 58.1 Å². The summed E-state index contributed by atoms with van der Waals surface area (Å²) in [6, 6.07) is 65.6. The predicted octanol–water partition coefficient (Wildman–Crippen LogP) is 14.1. The minimum atomic E-state index is 0.617. The second kappa shape index (κ2) is 13.3. The van der Waals surface area contributed by atoms with Crippen molar-refractivity contribution in [2.24, 2.45) is 0 Å². The van der Waals surface area contributed by atoms with Gasteiger partial charge in [0.1, 0.15) is 11.2 Å². The maximum atomic E-state index is 6.69. The Kier molecular flexibility index (Phi) is 7.64. The average Bonchev–Trinajstić information content (AvgIpc) is 3.85. The van der Waals surface area contributed by atoms with Gasteiger partial charge in [-0.25, -0.2) is 15.0 Å². The number of thiophene rings is 1. The van der Waals surface area contributed by atoms with Crippen molar-refractivity contribution in [3.8, 4) is 67.5 Å². The van der Waals surface area contributed by atoms with Crippen LogP contribution in [0.1, 0.15) is 0 Å². The maximum Gasteiger partial charge on any atom is 0.164 e. The third-order valence-electron chi connectivity index (χ3n) is 10.6. The molecule has 56 heavy (non-hydrogen) atoms. The molecule has 0 radical (unpaired) electrons. The Morgan fingerprint density at radius 1 is 0.339 bits per heavy atom. The summed E-state index contributed by atoms with van der Waals surface area (Å²) in [5, 5.41) is 4.82. The molecule has 0 aliphatic heterocycles. The van der Waals surface area contributed by atoms with Gasteiger partial charge in [-0.15, -0.1) is 11.3 Å². The first-order valence-electron chi connectivity index (χ1n) is 18.7. The first kappa shape index (κ1) is 32.2. The Morgan fingerprint density at radius 2 is 0.893 bits per heavy atom. The number of furan rings is 1. The summed E-state index contributed by atoms with van der Waals surface area (Å²) in [4.78, 5) is 15.0. The van der Waals surface area contributed by atoms with E-state index in [2.05, 4.69) is 146 Å². The summed E-state index contributed by atoms with van der Waals surface area (Å²) in [6.07, 6.45) is 0. The van der Waals surface area contributed by atoms with E-state index in [0.29, 0.717) is 17.5 Å². The molecule has 4 nitrogen and oxygen atoms in total. The van der Waals surface area contributed by atoms with Crippen LogP contribution in [0.15, 0.2) is 192 Å². The van der Waals surface area contributed by atoms with Crippen molar-refractivity contribution in [1.82, 2.24) is 15.0 Å². The Balaban J connectivity index is 1.01. The molecule has 5 heteroatoms. The average molecular weight is 734 g/mol. The number of nitrogens with zero attached hydrogens (tertiary/aromatic N) is 3. The summed E-state index contributed by atoms with van der Waals surface area (Å²) >= 11 is 1.84. The van der Waals surface area contributed by atoms with Gasteiger partial charge in [0.2, 0.25) is 0 Å². The van der Waals surface area contributed by atoms with Gasteiger partial charge in [0.25, 0.3) is 0 Å². The zero-order valence-corrected chi connectivity index (χ0v) is 30.9. The lowest BCUT2D eigenvalue weighted by Crippen LogP contribution is -2.00. The summed E-state index contributed by atoms with van der Waals surface area (Å²) in [5.41, 5.74) is 11.2. The van der Waals surface area contributed by atoms with Crippen LogP contribution in [0.3, 0.4) is 0 Å². The third kappa shape index (κ3) is 5.56. The molecule has 262 valence electrons. The van der Waals surface area contributed by atoms with Gasteiger partial charge < -0.3 is 4.42 Å². The van der Waals surface area contributed by atoms with Crippen molar-refractivity contribution in [2.45, 2.75) is 0 Å². The Bertz CT molecular complexity index is 3240. The Hall–Kier alpha value is -7.21. The van der Waals surface area contributed by atoms with Crippen molar-refractivity contribution >= 4 is 53.4 Å². The molecular formula is C51H31N3OS. The summed E-state index contributed by atoms with van der Waals surface area (Å²) in [7, 11) is 0. The predicted molar refractivity (Wildman–Crippen MR) is 233 cm³/mol. The van der Waals surface area contributed by atoms with Crippen LogP contribution in [0.2, 0.25) is 0 Å². The molecule has 0 fully saturated rings. The molecule has 11 rings (SSSR count). The van der Waals surface area contributed by atoms with E-state index in [1.54, 1.807) is 0 Å². The number of rotatable bonds is 6. The van der Waals surface area contributed by atoms with E-state index in [9.17, 15) is 0 Å². The molecule has 8 aromatic carbocycles. The molecule has 3 heterocycles. The lowest BCUT2D eigenvalue weighted by atomic mass is 9.94. The highest BCUT2D eigenvalue weighted by atomic mass is 32.1. The fourth-order valence-corrected chi connectivity index (χ4v) is 8.95. The molecule has 11 aromatic rings. The van der Waals surface area contributed by atoms with Crippen LogP contribution in [0.5, 0.6) is 0 Å². The zero-order chi connectivity index (χ0) is 37.0. The minimum absolute atomic E-state index is 0.617. The zero-order valence-electron chi connectivity index (χ0n) is 30.1. The van der Waals surface area contributed by atoms with Gasteiger partial charge in [-0.2, -0.15) is 0 Å². The molecule has 0 saturated carbocycles. The maximum absolute atomic E-state index is 6.69. The van der Waals surface area contributed by atoms with E-state index < -0.39 is 0 Å². The molecule has 0 aliphatic carbocycles. The third-order valence-corrected chi connectivity index (χ3v) is 11.7. The van der Waals surface area contributed by atoms with Gasteiger partial charge in [0.05, 0.1) is 0 Å². The van der Waals surface area contributed by atoms with Crippen LogP contribution in [-0.4, -0.2) is 15.0 Å². The van der Waals surface area contributed by atoms with E-state index in [1.165, 1.54) is 25.7 Å². The second-order valence-electron chi connectivity index (χ2n) is 14.0. The number of benzene rings is 8. The van der Waals surface area contributed by atoms with E-state index >= 15 is 0 Å². The molecule has 0 bridgehead atoms. The normalized spacial score (nSPS) is 11.6. The van der Waals surface area contributed by atoms with Crippen LogP contribution in [-0.2, 0) is 0 Å². The van der Waals surface area contributed by atoms with Crippen LogP contribution >= 0.6 is 11.3 Å². The van der Waals surface area contributed by atoms with Crippen molar-refractivity contribution in [3.63, 3.8) is 0 Å². The van der Waals surface area contributed by atoms with Gasteiger partial charge in [0.15, 0.2) is 17.5 Å². The minimum Gasteiger partial charge on any atom is -0.455 e. The molecule has 0 aliphatic rings. The monoisotopic (exact) mass is 733 g/mol. The van der Waals surface area contributed by atoms with Crippen molar-refractivity contribution in [2.75, 3.05) is 0 Å². The lowest BCUT2D eigenvalue weighted by molar-refractivity contribution is 0.670. The number of hydrogen-bond acceptors (Lipinski definition) is 5. The van der Waals surface area contributed by atoms with Crippen molar-refractivity contribution < 1.29 is 4.42 Å². The number of aromatic nitrogens is 3. The standard InChI is InChI=1S/C51H31N3OS/c1-3-12-32(13-4-1)36-16-11-17-38(30-36)51-53-49(34-14-5-2-6-15-34)52-50(54-51)35-24-22-33(23-25-35)40-29-28-39(47-43-19-7-9-20-44(43)55-48(40)47)37-26-27-42-41-18-8-10-21-45(41)56-46(42)31-37/h1-31H. The smallest absolute Gasteiger partial charge is 0.164 e. The number of hydrogen-bond donors (Lipinski definition) is 0. The molecule has 0 saturated heterocycles. The summed E-state index contributed by atoms with van der Waals surface area (Å²) in [5.74, 6) is 1.88. The molecule has 0 unspecified atom stereocenters. The van der Waals surface area contributed by atoms with Crippen molar-refractivity contribution in [1.29, 1.82) is 0 Å². The van der Waals surface area contributed by atoms with E-state index in [0.717, 1.165) is 66.4 Å². The van der Waals surface area contributed by atoms with E-state index in [-0.39, 0.29) is 0 Å². The largest absolute Gasteiger partial charge is 0.455 e. The summed E-state index contributed by atoms with van der Waals surface area (Å²) in [6.45, 7) is 0. The van der Waals surface area contributed by atoms with Gasteiger partial charge in [-0.1, -0.05) is 158 Å². The van der Waals surface area contributed by atoms with Crippen LogP contribution in [0.25, 0.3) is 110 Å². The van der Waals surface area contributed by atoms with Crippen molar-refractivity contribution in [3.05, 3.63) is 188 Å². The van der Waals surface area contributed by atoms with Gasteiger partial charge >= 0.3 is 0 Å². The number of fused-ring (bicyclic) bond motifs is 6. The van der Waals surface area contributed by atoms with Crippen LogP contribution in [0.4, 0.5) is 0 Å². The van der Waals surface area contributed by atoms with Gasteiger partial charge in [0, 0.05) is 53.2 Å². The highest BCUT2D eigenvalue weighted by molar-refractivity contribution is 7.25. The fourth-order valence-electron chi connectivity index (χ4n) is 7.81. The molecule has 0 atom stereocenters. The van der Waals surface area contributed by atoms with Gasteiger partial charge in [-0.3, -0.25) is 0 Å². The Morgan fingerprint density at radius 3 is 1.68 bits per heavy atom. The SMILES string of the molecule is c1ccc(-c2cccc(-c3nc(-c4ccccc4)nc(-c4ccc(-c5ccc(-c6ccc7c(c6)sc6ccccc67)c6c5oc5ccccc56)cc4)n3)c2)cc1. The molecule has 0 spiro atoms. The topological polar surface area (TPSA) is 51.8 Å². The second-order valence-corrected chi connectivity index (χ2v) is 15.1. The first-order valence-corrected chi connectivity index (χ1v) is 19.5. The first-order chi connectivity index (χ1) is 27.7. The van der Waals surface area contributed by atoms with Crippen LogP contribution < -0.4 is 0 Å². The Labute approximate surface area is 327 Å². The quantitative estimate of drug-likeness (QED) is 0.171. The fraction of sp³-hybridized carbons (Fsp3) is 0.